The van der Waals surface area contributed by atoms with Gasteiger partial charge in [-0.3, -0.25) is 4.79 Å². The highest BCUT2D eigenvalue weighted by atomic mass is 16.5. The minimum Gasteiger partial charge on any atom is -0.493 e. The molecule has 3 aromatic rings. The van der Waals surface area contributed by atoms with Crippen LogP contribution in [0.4, 0.5) is 0 Å². The average molecular weight is 404 g/mol. The van der Waals surface area contributed by atoms with Crippen LogP contribution in [-0.4, -0.2) is 26.3 Å². The number of nitrogens with zero attached hydrogens (tertiary/aromatic N) is 1. The van der Waals surface area contributed by atoms with E-state index in [4.69, 9.17) is 14.2 Å². The number of hydrogen-bond acceptors (Lipinski definition) is 5. The Morgan fingerprint density at radius 2 is 1.67 bits per heavy atom. The number of hydrogen-bond donors (Lipinski definition) is 1. The molecular formula is C24H24N2O4. The van der Waals surface area contributed by atoms with Gasteiger partial charge in [-0.1, -0.05) is 60.7 Å². The molecule has 0 bridgehead atoms. The molecule has 0 aliphatic rings. The number of methoxy groups -OCH3 is 2. The van der Waals surface area contributed by atoms with Crippen molar-refractivity contribution in [1.82, 2.24) is 5.43 Å². The molecule has 0 heterocycles. The van der Waals surface area contributed by atoms with E-state index in [-0.39, 0.29) is 5.91 Å². The molecule has 1 amide bonds. The number of carbonyl (C=O) groups excluding carboxylic acids is 1. The highest BCUT2D eigenvalue weighted by Gasteiger charge is 2.19. The maximum atomic E-state index is 12.4. The SMILES string of the molecule is COc1cc(/C=N\NC(=O)[C@@H](OC)c2ccccc2)ccc1OCc1ccccc1. The minimum atomic E-state index is -0.730. The van der Waals surface area contributed by atoms with Crippen molar-refractivity contribution in [3.05, 3.63) is 95.6 Å². The first kappa shape index (κ1) is 21.1. The number of ether oxygens (including phenoxy) is 3. The van der Waals surface area contributed by atoms with Crippen LogP contribution in [0, 0.1) is 0 Å². The number of carbonyl (C=O) groups is 1. The number of hydrazone groups is 1. The molecule has 30 heavy (non-hydrogen) atoms. The maximum absolute atomic E-state index is 12.4. The summed E-state index contributed by atoms with van der Waals surface area (Å²) < 4.78 is 16.6. The van der Waals surface area contributed by atoms with Crippen molar-refractivity contribution in [1.29, 1.82) is 0 Å². The zero-order chi connectivity index (χ0) is 21.2. The first-order chi connectivity index (χ1) is 14.7. The van der Waals surface area contributed by atoms with Gasteiger partial charge in [0.15, 0.2) is 17.6 Å². The van der Waals surface area contributed by atoms with Crippen molar-refractivity contribution >= 4 is 12.1 Å². The third-order valence-electron chi connectivity index (χ3n) is 4.39. The first-order valence-electron chi connectivity index (χ1n) is 9.46. The third-order valence-corrected chi connectivity index (χ3v) is 4.39. The summed E-state index contributed by atoms with van der Waals surface area (Å²) in [4.78, 5) is 12.4. The summed E-state index contributed by atoms with van der Waals surface area (Å²) >= 11 is 0. The Morgan fingerprint density at radius 3 is 2.33 bits per heavy atom. The summed E-state index contributed by atoms with van der Waals surface area (Å²) in [6, 6.07) is 24.6. The van der Waals surface area contributed by atoms with Crippen LogP contribution >= 0.6 is 0 Å². The third kappa shape index (κ3) is 5.68. The van der Waals surface area contributed by atoms with Crippen LogP contribution in [0.25, 0.3) is 0 Å². The first-order valence-corrected chi connectivity index (χ1v) is 9.46. The van der Waals surface area contributed by atoms with Crippen LogP contribution in [0.3, 0.4) is 0 Å². The second-order valence-electron chi connectivity index (χ2n) is 6.45. The van der Waals surface area contributed by atoms with Crippen molar-refractivity contribution in [2.24, 2.45) is 5.10 Å². The Bertz CT molecular complexity index is 975. The molecule has 6 nitrogen and oxygen atoms in total. The van der Waals surface area contributed by atoms with Gasteiger partial charge in [-0.2, -0.15) is 5.10 Å². The minimum absolute atomic E-state index is 0.352. The van der Waals surface area contributed by atoms with Crippen molar-refractivity contribution in [3.8, 4) is 11.5 Å². The number of rotatable bonds is 9. The lowest BCUT2D eigenvalue weighted by atomic mass is 10.1. The monoisotopic (exact) mass is 404 g/mol. The topological polar surface area (TPSA) is 69.2 Å². The Hall–Kier alpha value is -3.64. The quantitative estimate of drug-likeness (QED) is 0.430. The Morgan fingerprint density at radius 1 is 0.967 bits per heavy atom. The second-order valence-corrected chi connectivity index (χ2v) is 6.45. The summed E-state index contributed by atoms with van der Waals surface area (Å²) in [5.74, 6) is 0.862. The van der Waals surface area contributed by atoms with Gasteiger partial charge in [0.1, 0.15) is 6.61 Å². The lowest BCUT2D eigenvalue weighted by molar-refractivity contribution is -0.131. The molecular weight excluding hydrogens is 380 g/mol. The molecule has 3 rings (SSSR count). The van der Waals surface area contributed by atoms with Crippen LogP contribution in [-0.2, 0) is 16.1 Å². The van der Waals surface area contributed by atoms with Crippen LogP contribution in [0.15, 0.2) is 84.0 Å². The molecule has 0 unspecified atom stereocenters. The Labute approximate surface area is 176 Å². The summed E-state index contributed by atoms with van der Waals surface area (Å²) in [7, 11) is 3.07. The zero-order valence-electron chi connectivity index (χ0n) is 16.9. The molecule has 0 aromatic heterocycles. The van der Waals surface area contributed by atoms with Gasteiger partial charge in [-0.05, 0) is 34.9 Å². The van der Waals surface area contributed by atoms with Gasteiger partial charge in [0.2, 0.25) is 0 Å². The van der Waals surface area contributed by atoms with Crippen molar-refractivity contribution < 1.29 is 19.0 Å². The normalized spacial score (nSPS) is 11.8. The summed E-state index contributed by atoms with van der Waals surface area (Å²) in [6.45, 7) is 0.443. The van der Waals surface area contributed by atoms with Crippen LogP contribution in [0.1, 0.15) is 22.8 Å². The smallest absolute Gasteiger partial charge is 0.273 e. The Kier molecular flexibility index (Phi) is 7.58. The molecule has 1 N–H and O–H groups in total. The van der Waals surface area contributed by atoms with E-state index in [1.165, 1.54) is 7.11 Å². The summed E-state index contributed by atoms with van der Waals surface area (Å²) in [5, 5.41) is 4.03. The highest BCUT2D eigenvalue weighted by Crippen LogP contribution is 2.28. The lowest BCUT2D eigenvalue weighted by Gasteiger charge is -2.13. The van der Waals surface area contributed by atoms with E-state index in [9.17, 15) is 4.79 Å². The van der Waals surface area contributed by atoms with Crippen molar-refractivity contribution in [2.45, 2.75) is 12.7 Å². The van der Waals surface area contributed by atoms with Gasteiger partial charge < -0.3 is 14.2 Å². The zero-order valence-corrected chi connectivity index (χ0v) is 16.9. The fourth-order valence-corrected chi connectivity index (χ4v) is 2.87. The van der Waals surface area contributed by atoms with Gasteiger partial charge in [-0.25, -0.2) is 5.43 Å². The fraction of sp³-hybridized carbons (Fsp3) is 0.167. The van der Waals surface area contributed by atoms with E-state index in [1.807, 2.05) is 72.8 Å². The molecule has 154 valence electrons. The largest absolute Gasteiger partial charge is 0.493 e. The molecule has 0 aliphatic heterocycles. The molecule has 3 aromatic carbocycles. The van der Waals surface area contributed by atoms with E-state index in [1.54, 1.807) is 19.4 Å². The Balaban J connectivity index is 1.62. The molecule has 0 radical (unpaired) electrons. The van der Waals surface area contributed by atoms with Gasteiger partial charge in [0, 0.05) is 7.11 Å². The standard InChI is InChI=1S/C24H24N2O4/c1-28-22-15-19(13-14-21(22)30-17-18-9-5-3-6-10-18)16-25-26-24(27)23(29-2)20-11-7-4-8-12-20/h3-16,23H,17H2,1-2H3,(H,26,27)/b25-16-/t23-/m0/s1. The molecule has 0 saturated carbocycles. The molecule has 6 heteroatoms. The van der Waals surface area contributed by atoms with E-state index in [0.29, 0.717) is 18.1 Å². The fourth-order valence-electron chi connectivity index (χ4n) is 2.87. The number of benzene rings is 3. The molecule has 0 aliphatic carbocycles. The van der Waals surface area contributed by atoms with E-state index >= 15 is 0 Å². The lowest BCUT2D eigenvalue weighted by Crippen LogP contribution is -2.26. The van der Waals surface area contributed by atoms with Crippen LogP contribution in [0.5, 0.6) is 11.5 Å². The second kappa shape index (κ2) is 10.8. The molecule has 1 atom stereocenters. The van der Waals surface area contributed by atoms with Gasteiger partial charge in [0.05, 0.1) is 13.3 Å². The molecule has 0 fully saturated rings. The number of amides is 1. The van der Waals surface area contributed by atoms with Gasteiger partial charge in [0.25, 0.3) is 5.91 Å². The van der Waals surface area contributed by atoms with Crippen LogP contribution < -0.4 is 14.9 Å². The summed E-state index contributed by atoms with van der Waals surface area (Å²) in [6.07, 6.45) is 0.811. The van der Waals surface area contributed by atoms with E-state index in [0.717, 1.165) is 16.7 Å². The van der Waals surface area contributed by atoms with Crippen molar-refractivity contribution in [2.75, 3.05) is 14.2 Å². The van der Waals surface area contributed by atoms with Gasteiger partial charge >= 0.3 is 0 Å². The summed E-state index contributed by atoms with van der Waals surface area (Å²) in [5.41, 5.74) is 5.10. The molecule has 0 spiro atoms. The molecule has 0 saturated heterocycles. The average Bonchev–Trinajstić information content (AvgIpc) is 2.80. The predicted molar refractivity (Wildman–Crippen MR) is 116 cm³/mol. The predicted octanol–water partition coefficient (Wildman–Crippen LogP) is 4.11. The highest BCUT2D eigenvalue weighted by molar-refractivity contribution is 5.85. The maximum Gasteiger partial charge on any atom is 0.273 e. The van der Waals surface area contributed by atoms with Gasteiger partial charge in [-0.15, -0.1) is 0 Å². The van der Waals surface area contributed by atoms with Crippen molar-refractivity contribution in [3.63, 3.8) is 0 Å². The number of nitrogens with one attached hydrogen (secondary N) is 1. The van der Waals surface area contributed by atoms with E-state index in [2.05, 4.69) is 10.5 Å². The van der Waals surface area contributed by atoms with Crippen LogP contribution in [0.2, 0.25) is 0 Å². The van der Waals surface area contributed by atoms with E-state index < -0.39 is 6.10 Å².